The molecule has 0 saturated carbocycles. The fraction of sp³-hybridized carbons (Fsp3) is 0.133. The van der Waals surface area contributed by atoms with Gasteiger partial charge in [-0.3, -0.25) is 4.98 Å². The van der Waals surface area contributed by atoms with Gasteiger partial charge in [-0.25, -0.2) is 23.1 Å². The predicted octanol–water partition coefficient (Wildman–Crippen LogP) is 1.32. The van der Waals surface area contributed by atoms with Gasteiger partial charge in [0.1, 0.15) is 5.69 Å². The fourth-order valence-corrected chi connectivity index (χ4v) is 3.16. The Morgan fingerprint density at radius 3 is 2.61 bits per heavy atom. The number of hydrogen-bond donors (Lipinski definition) is 1. The molecule has 3 aromatic rings. The third-order valence-electron chi connectivity index (χ3n) is 3.21. The molecule has 0 aliphatic rings. The van der Waals surface area contributed by atoms with Crippen LogP contribution in [0.4, 0.5) is 0 Å². The first-order valence-electron chi connectivity index (χ1n) is 6.99. The summed E-state index contributed by atoms with van der Waals surface area (Å²) >= 11 is 0. The van der Waals surface area contributed by atoms with Gasteiger partial charge < -0.3 is 4.57 Å². The maximum atomic E-state index is 12.2. The first-order chi connectivity index (χ1) is 11.2. The van der Waals surface area contributed by atoms with Gasteiger partial charge >= 0.3 is 0 Å². The lowest BCUT2D eigenvalue weighted by Gasteiger charge is -2.09. The molecule has 118 valence electrons. The van der Waals surface area contributed by atoms with Crippen molar-refractivity contribution in [3.05, 3.63) is 61.3 Å². The first kappa shape index (κ1) is 15.3. The van der Waals surface area contributed by atoms with Gasteiger partial charge in [0.2, 0.25) is 10.0 Å². The van der Waals surface area contributed by atoms with Gasteiger partial charge in [-0.15, -0.1) is 0 Å². The number of nitrogens with one attached hydrogen (secondary N) is 1. The number of rotatable bonds is 6. The van der Waals surface area contributed by atoms with E-state index in [1.807, 2.05) is 4.57 Å². The molecule has 0 unspecified atom stereocenters. The molecule has 2 heterocycles. The van der Waals surface area contributed by atoms with Gasteiger partial charge in [-0.05, 0) is 12.1 Å². The van der Waals surface area contributed by atoms with Gasteiger partial charge in [0.15, 0.2) is 5.82 Å². The van der Waals surface area contributed by atoms with Crippen LogP contribution in [0.3, 0.4) is 0 Å². The van der Waals surface area contributed by atoms with E-state index in [2.05, 4.69) is 19.7 Å². The molecular weight excluding hydrogens is 314 g/mol. The van der Waals surface area contributed by atoms with Crippen molar-refractivity contribution in [2.75, 3.05) is 6.54 Å². The molecule has 8 heteroatoms. The second kappa shape index (κ2) is 6.67. The van der Waals surface area contributed by atoms with E-state index >= 15 is 0 Å². The van der Waals surface area contributed by atoms with E-state index in [1.54, 1.807) is 61.3 Å². The Balaban J connectivity index is 1.68. The summed E-state index contributed by atoms with van der Waals surface area (Å²) in [5.74, 6) is 0.650. The minimum absolute atomic E-state index is 0.250. The lowest BCUT2D eigenvalue weighted by atomic mass is 10.4. The quantitative estimate of drug-likeness (QED) is 0.736. The van der Waals surface area contributed by atoms with E-state index in [9.17, 15) is 8.42 Å². The number of benzene rings is 1. The van der Waals surface area contributed by atoms with Crippen molar-refractivity contribution in [1.29, 1.82) is 0 Å². The molecule has 0 radical (unpaired) electrons. The van der Waals surface area contributed by atoms with E-state index in [-0.39, 0.29) is 11.4 Å². The summed E-state index contributed by atoms with van der Waals surface area (Å²) in [7, 11) is -3.50. The van der Waals surface area contributed by atoms with Crippen molar-refractivity contribution in [2.24, 2.45) is 0 Å². The zero-order valence-corrected chi connectivity index (χ0v) is 13.0. The summed E-state index contributed by atoms with van der Waals surface area (Å²) < 4.78 is 28.7. The molecule has 0 bridgehead atoms. The largest absolute Gasteiger partial charge is 0.328 e. The lowest BCUT2D eigenvalue weighted by molar-refractivity contribution is 0.573. The molecule has 3 rings (SSSR count). The topological polar surface area (TPSA) is 89.8 Å². The van der Waals surface area contributed by atoms with Crippen LogP contribution in [0.1, 0.15) is 0 Å². The second-order valence-electron chi connectivity index (χ2n) is 4.75. The third kappa shape index (κ3) is 3.61. The van der Waals surface area contributed by atoms with Crippen LogP contribution in [-0.4, -0.2) is 34.5 Å². The van der Waals surface area contributed by atoms with E-state index in [0.717, 1.165) is 0 Å². The molecule has 23 heavy (non-hydrogen) atoms. The predicted molar refractivity (Wildman–Crippen MR) is 84.9 cm³/mol. The van der Waals surface area contributed by atoms with Crippen molar-refractivity contribution < 1.29 is 8.42 Å². The van der Waals surface area contributed by atoms with E-state index in [4.69, 9.17) is 0 Å². The molecule has 7 nitrogen and oxygen atoms in total. The van der Waals surface area contributed by atoms with Gasteiger partial charge in [-0.1, -0.05) is 18.2 Å². The summed E-state index contributed by atoms with van der Waals surface area (Å²) in [6.07, 6.45) is 8.22. The highest BCUT2D eigenvalue weighted by atomic mass is 32.2. The average molecular weight is 329 g/mol. The molecule has 2 aromatic heterocycles. The van der Waals surface area contributed by atoms with Gasteiger partial charge in [-0.2, -0.15) is 0 Å². The zero-order chi connectivity index (χ0) is 16.1. The molecule has 0 spiro atoms. The standard InChI is InChI=1S/C15H15N5O2S/c21-23(22,13-4-2-1-3-5-13)19-9-11-20-10-8-18-15(20)14-12-16-6-7-17-14/h1-8,10,12,19H,9,11H2. The monoisotopic (exact) mass is 329 g/mol. The van der Waals surface area contributed by atoms with Gasteiger partial charge in [0.05, 0.1) is 11.1 Å². The first-order valence-corrected chi connectivity index (χ1v) is 8.47. The Morgan fingerprint density at radius 2 is 1.87 bits per heavy atom. The average Bonchev–Trinajstić information content (AvgIpc) is 3.05. The van der Waals surface area contributed by atoms with Crippen LogP contribution in [0.25, 0.3) is 11.5 Å². The molecule has 1 aromatic carbocycles. The number of aromatic nitrogens is 4. The van der Waals surface area contributed by atoms with Gasteiger partial charge in [0, 0.05) is 37.9 Å². The van der Waals surface area contributed by atoms with Crippen molar-refractivity contribution in [1.82, 2.24) is 24.2 Å². The smallest absolute Gasteiger partial charge is 0.240 e. The maximum Gasteiger partial charge on any atom is 0.240 e. The summed E-state index contributed by atoms with van der Waals surface area (Å²) in [6.45, 7) is 0.693. The van der Waals surface area contributed by atoms with Crippen LogP contribution in [0.2, 0.25) is 0 Å². The van der Waals surface area contributed by atoms with Crippen LogP contribution in [0.5, 0.6) is 0 Å². The third-order valence-corrected chi connectivity index (χ3v) is 4.68. The molecule has 0 aliphatic heterocycles. The number of hydrogen-bond acceptors (Lipinski definition) is 5. The Bertz CT molecular complexity index is 863. The highest BCUT2D eigenvalue weighted by molar-refractivity contribution is 7.89. The Labute approximate surface area is 134 Å². The number of imidazole rings is 1. The maximum absolute atomic E-state index is 12.2. The summed E-state index contributed by atoms with van der Waals surface area (Å²) in [5.41, 5.74) is 0.642. The molecule has 0 atom stereocenters. The van der Waals surface area contributed by atoms with E-state index in [1.165, 1.54) is 0 Å². The van der Waals surface area contributed by atoms with Crippen LogP contribution in [0, 0.1) is 0 Å². The Hall–Kier alpha value is -2.58. The van der Waals surface area contributed by atoms with Crippen LogP contribution in [-0.2, 0) is 16.6 Å². The van der Waals surface area contributed by atoms with E-state index in [0.29, 0.717) is 18.1 Å². The fourth-order valence-electron chi connectivity index (χ4n) is 2.12. The minimum Gasteiger partial charge on any atom is -0.328 e. The summed E-state index contributed by atoms with van der Waals surface area (Å²) in [6, 6.07) is 8.28. The number of nitrogens with zero attached hydrogens (tertiary/aromatic N) is 4. The molecular formula is C15H15N5O2S. The molecule has 1 N–H and O–H groups in total. The van der Waals surface area contributed by atoms with Crippen molar-refractivity contribution >= 4 is 10.0 Å². The Morgan fingerprint density at radius 1 is 1.04 bits per heavy atom. The second-order valence-corrected chi connectivity index (χ2v) is 6.51. The van der Waals surface area contributed by atoms with Gasteiger partial charge in [0.25, 0.3) is 0 Å². The van der Waals surface area contributed by atoms with Crippen molar-refractivity contribution in [3.63, 3.8) is 0 Å². The van der Waals surface area contributed by atoms with Crippen molar-refractivity contribution in [3.8, 4) is 11.5 Å². The SMILES string of the molecule is O=S(=O)(NCCn1ccnc1-c1cnccn1)c1ccccc1. The zero-order valence-electron chi connectivity index (χ0n) is 12.2. The van der Waals surface area contributed by atoms with Crippen molar-refractivity contribution in [2.45, 2.75) is 11.4 Å². The minimum atomic E-state index is -3.50. The Kier molecular flexibility index (Phi) is 4.45. The summed E-state index contributed by atoms with van der Waals surface area (Å²) in [5, 5.41) is 0. The highest BCUT2D eigenvalue weighted by Gasteiger charge is 2.13. The normalized spacial score (nSPS) is 11.5. The molecule has 0 amide bonds. The highest BCUT2D eigenvalue weighted by Crippen LogP contribution is 2.13. The summed E-state index contributed by atoms with van der Waals surface area (Å²) in [4.78, 5) is 12.7. The van der Waals surface area contributed by atoms with Crippen LogP contribution < -0.4 is 4.72 Å². The molecule has 0 aliphatic carbocycles. The van der Waals surface area contributed by atoms with E-state index < -0.39 is 10.0 Å². The van der Waals surface area contributed by atoms with Crippen LogP contribution in [0.15, 0.2) is 66.2 Å². The number of sulfonamides is 1. The molecule has 0 fully saturated rings. The lowest BCUT2D eigenvalue weighted by Crippen LogP contribution is -2.27. The van der Waals surface area contributed by atoms with Crippen LogP contribution >= 0.6 is 0 Å². The molecule has 0 saturated heterocycles.